The zero-order valence-electron chi connectivity index (χ0n) is 18.8. The summed E-state index contributed by atoms with van der Waals surface area (Å²) < 4.78 is 17.1. The summed E-state index contributed by atoms with van der Waals surface area (Å²) in [5.74, 6) is -0.678. The predicted molar refractivity (Wildman–Crippen MR) is 193 cm³/mol. The molecule has 0 heterocycles. The highest BCUT2D eigenvalue weighted by molar-refractivity contribution is 14.1. The van der Waals surface area contributed by atoms with Crippen LogP contribution in [0.2, 0.25) is 0 Å². The van der Waals surface area contributed by atoms with Crippen LogP contribution >= 0.6 is 136 Å². The van der Waals surface area contributed by atoms with Gasteiger partial charge in [0.1, 0.15) is 13.2 Å². The average molecular weight is 1160 g/mol. The Kier molecular flexibility index (Phi) is 13.0. The van der Waals surface area contributed by atoms with Gasteiger partial charge in [0.25, 0.3) is 0 Å². The minimum Gasteiger partial charge on any atom is -0.460 e. The Morgan fingerprint density at radius 1 is 0.694 bits per heavy atom. The van der Waals surface area contributed by atoms with Crippen molar-refractivity contribution < 1.29 is 19.1 Å². The molecular weight excluding hydrogens is 1140 g/mol. The van der Waals surface area contributed by atoms with E-state index in [1.165, 1.54) is 0 Å². The molecule has 0 aliphatic carbocycles. The van der Waals surface area contributed by atoms with Crippen LogP contribution in [-0.4, -0.2) is 38.2 Å². The van der Waals surface area contributed by atoms with Gasteiger partial charge in [0.15, 0.2) is 0 Å². The van der Waals surface area contributed by atoms with Gasteiger partial charge in [0.2, 0.25) is 0 Å². The van der Waals surface area contributed by atoms with E-state index in [0.29, 0.717) is 24.2 Å². The fourth-order valence-electron chi connectivity index (χ4n) is 3.19. The van der Waals surface area contributed by atoms with Crippen LogP contribution in [0, 0.1) is 28.3 Å². The summed E-state index contributed by atoms with van der Waals surface area (Å²) in [6.07, 6.45) is 0. The van der Waals surface area contributed by atoms with Gasteiger partial charge in [-0.25, -0.2) is 9.59 Å². The van der Waals surface area contributed by atoms with Gasteiger partial charge in [-0.15, -0.1) is 0 Å². The summed E-state index contributed by atoms with van der Waals surface area (Å²) in [6.45, 7) is 3.41. The van der Waals surface area contributed by atoms with Crippen molar-refractivity contribution in [1.29, 1.82) is 0 Å². The summed E-state index contributed by atoms with van der Waals surface area (Å²) >= 11 is 13.2. The zero-order chi connectivity index (χ0) is 26.4. The van der Waals surface area contributed by atoms with E-state index < -0.39 is 0 Å². The van der Waals surface area contributed by atoms with Crippen LogP contribution in [0.3, 0.4) is 0 Å². The molecule has 0 spiro atoms. The van der Waals surface area contributed by atoms with Gasteiger partial charge in [-0.05, 0) is 179 Å². The molecule has 0 radical (unpaired) electrons. The summed E-state index contributed by atoms with van der Waals surface area (Å²) in [4.78, 5) is 27.6. The standard InChI is InChI=1S/C25H19I6NO4/c1-14-2-4-17(5-3-14)32(6-8-35-24(33)18-10-15(26)12-20(28)22(18)30)7-9-36-25(34)19-11-16(27)13-21(29)23(19)31/h2-5,10-13H,6-9H2,1H3. The van der Waals surface area contributed by atoms with Crippen LogP contribution in [-0.2, 0) is 9.47 Å². The Hall–Kier alpha value is 0.780. The fraction of sp³-hybridized carbons (Fsp3) is 0.200. The minimum absolute atomic E-state index is 0.214. The number of nitrogens with zero attached hydrogens (tertiary/aromatic N) is 1. The van der Waals surface area contributed by atoms with Gasteiger partial charge < -0.3 is 14.4 Å². The number of benzene rings is 3. The van der Waals surface area contributed by atoms with Crippen LogP contribution in [0.5, 0.6) is 0 Å². The van der Waals surface area contributed by atoms with Crippen LogP contribution in [0.25, 0.3) is 0 Å². The molecule has 0 saturated carbocycles. The fourth-order valence-corrected chi connectivity index (χ4v) is 7.94. The number of carbonyl (C=O) groups is 2. The van der Waals surface area contributed by atoms with Gasteiger partial charge in [-0.3, -0.25) is 0 Å². The minimum atomic E-state index is -0.339. The normalized spacial score (nSPS) is 10.8. The molecule has 0 saturated heterocycles. The summed E-state index contributed by atoms with van der Waals surface area (Å²) in [5, 5.41) is 0. The van der Waals surface area contributed by atoms with Crippen molar-refractivity contribution in [2.75, 3.05) is 31.2 Å². The average Bonchev–Trinajstić information content (AvgIpc) is 2.83. The number of rotatable bonds is 9. The molecule has 0 atom stereocenters. The third-order valence-electron chi connectivity index (χ3n) is 5.01. The molecule has 0 N–H and O–H groups in total. The third kappa shape index (κ3) is 8.90. The summed E-state index contributed by atoms with van der Waals surface area (Å²) in [5.41, 5.74) is 3.28. The lowest BCUT2D eigenvalue weighted by atomic mass is 10.2. The second-order valence-corrected chi connectivity index (χ2v) is 14.6. The maximum atomic E-state index is 12.8. The van der Waals surface area contributed by atoms with Crippen LogP contribution < -0.4 is 4.90 Å². The first-order valence-electron chi connectivity index (χ1n) is 10.5. The molecule has 190 valence electrons. The van der Waals surface area contributed by atoms with E-state index in [2.05, 4.69) is 140 Å². The Morgan fingerprint density at radius 2 is 1.11 bits per heavy atom. The Morgan fingerprint density at radius 3 is 1.53 bits per heavy atom. The number of halogens is 6. The highest BCUT2D eigenvalue weighted by Gasteiger charge is 2.18. The molecule has 0 aromatic heterocycles. The molecule has 11 heteroatoms. The maximum absolute atomic E-state index is 12.8. The smallest absolute Gasteiger partial charge is 0.339 e. The summed E-state index contributed by atoms with van der Waals surface area (Å²) in [7, 11) is 0. The van der Waals surface area contributed by atoms with E-state index >= 15 is 0 Å². The molecule has 0 aliphatic heterocycles. The van der Waals surface area contributed by atoms with Crippen LogP contribution in [0.15, 0.2) is 48.5 Å². The molecule has 5 nitrogen and oxygen atoms in total. The Bertz CT molecular complexity index is 1190. The van der Waals surface area contributed by atoms with Crippen molar-refractivity contribution in [3.8, 4) is 0 Å². The predicted octanol–water partition coefficient (Wildman–Crippen LogP) is 8.14. The Balaban J connectivity index is 1.65. The molecule has 0 unspecified atom stereocenters. The lowest BCUT2D eigenvalue weighted by Crippen LogP contribution is -2.32. The van der Waals surface area contributed by atoms with Crippen LogP contribution in [0.4, 0.5) is 5.69 Å². The third-order valence-corrected chi connectivity index (χ3v) is 12.3. The molecule has 36 heavy (non-hydrogen) atoms. The summed E-state index contributed by atoms with van der Waals surface area (Å²) in [6, 6.07) is 15.9. The number of ether oxygens (including phenoxy) is 2. The van der Waals surface area contributed by atoms with Gasteiger partial charge in [-0.1, -0.05) is 17.7 Å². The molecule has 0 bridgehead atoms. The van der Waals surface area contributed by atoms with Crippen LogP contribution in [0.1, 0.15) is 26.3 Å². The number of carbonyl (C=O) groups excluding carboxylic acids is 2. The monoisotopic (exact) mass is 1160 g/mol. The zero-order valence-corrected chi connectivity index (χ0v) is 31.7. The second-order valence-electron chi connectivity index (χ2n) is 7.59. The van der Waals surface area contributed by atoms with E-state index in [1.807, 2.05) is 55.5 Å². The molecule has 3 aromatic rings. The number of anilines is 1. The first-order chi connectivity index (χ1) is 17.1. The highest BCUT2D eigenvalue weighted by Crippen LogP contribution is 2.25. The van der Waals surface area contributed by atoms with Gasteiger partial charge in [-0.2, -0.15) is 0 Å². The van der Waals surface area contributed by atoms with Crippen molar-refractivity contribution in [2.24, 2.45) is 0 Å². The first-order valence-corrected chi connectivity index (χ1v) is 17.0. The van der Waals surface area contributed by atoms with Crippen molar-refractivity contribution in [3.63, 3.8) is 0 Å². The van der Waals surface area contributed by atoms with Gasteiger partial charge >= 0.3 is 11.9 Å². The molecular formula is C25H19I6NO4. The van der Waals surface area contributed by atoms with Gasteiger partial charge in [0.05, 0.1) is 24.2 Å². The molecule has 3 aromatic carbocycles. The van der Waals surface area contributed by atoms with E-state index in [-0.39, 0.29) is 25.2 Å². The topological polar surface area (TPSA) is 55.8 Å². The number of hydrogen-bond donors (Lipinski definition) is 0. The first kappa shape index (κ1) is 31.3. The molecule has 3 rings (SSSR count). The van der Waals surface area contributed by atoms with Crippen molar-refractivity contribution in [1.82, 2.24) is 0 Å². The van der Waals surface area contributed by atoms with E-state index in [1.54, 1.807) is 0 Å². The highest BCUT2D eigenvalue weighted by atomic mass is 127. The van der Waals surface area contributed by atoms with Crippen molar-refractivity contribution in [3.05, 3.63) is 86.6 Å². The maximum Gasteiger partial charge on any atom is 0.339 e. The second kappa shape index (κ2) is 15.0. The number of hydrogen-bond acceptors (Lipinski definition) is 5. The van der Waals surface area contributed by atoms with E-state index in [0.717, 1.165) is 32.7 Å². The van der Waals surface area contributed by atoms with Crippen molar-refractivity contribution in [2.45, 2.75) is 6.92 Å². The Labute approximate surface area is 292 Å². The molecule has 0 aliphatic rings. The van der Waals surface area contributed by atoms with E-state index in [4.69, 9.17) is 9.47 Å². The quantitative estimate of drug-likeness (QED) is 0.123. The molecule has 0 fully saturated rings. The van der Waals surface area contributed by atoms with Gasteiger partial charge in [0, 0.05) is 27.1 Å². The SMILES string of the molecule is Cc1ccc(N(CCOC(=O)c2cc(I)cc(I)c2I)CCOC(=O)c2cc(I)cc(I)c2I)cc1. The lowest BCUT2D eigenvalue weighted by Gasteiger charge is -2.25. The number of aryl methyl sites for hydroxylation is 1. The van der Waals surface area contributed by atoms with Crippen molar-refractivity contribution >= 4 is 153 Å². The largest absolute Gasteiger partial charge is 0.460 e. The lowest BCUT2D eigenvalue weighted by molar-refractivity contribution is 0.0502. The molecule has 0 amide bonds. The van der Waals surface area contributed by atoms with E-state index in [9.17, 15) is 9.59 Å². The number of esters is 2.